The second-order valence-electron chi connectivity index (χ2n) is 5.55. The van der Waals surface area contributed by atoms with E-state index < -0.39 is 33.5 Å². The van der Waals surface area contributed by atoms with Crippen LogP contribution in [0.1, 0.15) is 11.1 Å². The number of carbonyl (C=O) groups excluding carboxylic acids is 2. The van der Waals surface area contributed by atoms with Crippen molar-refractivity contribution in [1.29, 1.82) is 0 Å². The van der Waals surface area contributed by atoms with Crippen LogP contribution >= 0.6 is 11.6 Å². The van der Waals surface area contributed by atoms with E-state index in [4.69, 9.17) is 11.6 Å². The van der Waals surface area contributed by atoms with E-state index in [-0.39, 0.29) is 11.3 Å². The summed E-state index contributed by atoms with van der Waals surface area (Å²) in [4.78, 5) is 24.1. The summed E-state index contributed by atoms with van der Waals surface area (Å²) in [5.41, 5.74) is 1.28. The van der Waals surface area contributed by atoms with E-state index in [1.807, 2.05) is 6.07 Å². The van der Waals surface area contributed by atoms with Crippen molar-refractivity contribution in [3.8, 4) is 0 Å². The molecule has 132 valence electrons. The van der Waals surface area contributed by atoms with Gasteiger partial charge in [0.15, 0.2) is 0 Å². The first kappa shape index (κ1) is 19.3. The molecule has 5 nitrogen and oxygen atoms in total. The highest BCUT2D eigenvalue weighted by molar-refractivity contribution is 7.89. The van der Waals surface area contributed by atoms with Crippen molar-refractivity contribution >= 4 is 33.2 Å². The molecule has 0 saturated heterocycles. The van der Waals surface area contributed by atoms with Crippen LogP contribution in [-0.4, -0.2) is 31.9 Å². The Morgan fingerprint density at radius 1 is 1.04 bits per heavy atom. The highest BCUT2D eigenvalue weighted by Gasteiger charge is 2.30. The Kier molecular flexibility index (Phi) is 6.47. The number of alkyl halides is 1. The van der Waals surface area contributed by atoms with Crippen molar-refractivity contribution in [1.82, 2.24) is 4.72 Å². The quantitative estimate of drug-likeness (QED) is 0.563. The van der Waals surface area contributed by atoms with Crippen molar-refractivity contribution in [2.75, 3.05) is 5.88 Å². The third kappa shape index (κ3) is 4.98. The van der Waals surface area contributed by atoms with Crippen LogP contribution in [0.2, 0.25) is 0 Å². The fourth-order valence-electron chi connectivity index (χ4n) is 2.41. The molecule has 1 unspecified atom stereocenters. The van der Waals surface area contributed by atoms with Crippen LogP contribution in [0.15, 0.2) is 59.5 Å². The minimum atomic E-state index is -3.96. The second kappa shape index (κ2) is 8.38. The lowest BCUT2D eigenvalue weighted by molar-refractivity contribution is -0.136. The Morgan fingerprint density at radius 3 is 2.24 bits per heavy atom. The predicted octanol–water partition coefficient (Wildman–Crippen LogP) is 2.26. The largest absolute Gasteiger partial charge is 0.289 e. The van der Waals surface area contributed by atoms with E-state index in [2.05, 4.69) is 4.72 Å². The van der Waals surface area contributed by atoms with E-state index >= 15 is 0 Å². The lowest BCUT2D eigenvalue weighted by atomic mass is 10.0. The van der Waals surface area contributed by atoms with Crippen LogP contribution in [0.3, 0.4) is 0 Å². The monoisotopic (exact) mass is 379 g/mol. The molecule has 0 amide bonds. The Labute approximate surface area is 152 Å². The molecule has 0 saturated carbocycles. The van der Waals surface area contributed by atoms with Crippen LogP contribution in [0, 0.1) is 6.92 Å². The standard InChI is InChI=1S/C18H18ClNO4S/c1-13-7-5-6-10-17(13)25(23,24)20-15(18(22)16(21)12-19)11-14-8-3-2-4-9-14/h2-10,15,20H,11-12H2,1H3. The molecule has 25 heavy (non-hydrogen) atoms. The average molecular weight is 380 g/mol. The number of aryl methyl sites for hydroxylation is 1. The summed E-state index contributed by atoms with van der Waals surface area (Å²) >= 11 is 5.46. The highest BCUT2D eigenvalue weighted by Crippen LogP contribution is 2.16. The molecule has 2 aromatic rings. The number of rotatable bonds is 8. The maximum absolute atomic E-state index is 12.7. The lowest BCUT2D eigenvalue weighted by Gasteiger charge is -2.18. The van der Waals surface area contributed by atoms with E-state index in [0.29, 0.717) is 5.56 Å². The molecule has 0 fully saturated rings. The molecular formula is C18H18ClNO4S. The molecule has 2 aromatic carbocycles. The van der Waals surface area contributed by atoms with E-state index in [0.717, 1.165) is 5.56 Å². The molecule has 1 N–H and O–H groups in total. The minimum absolute atomic E-state index is 0.0629. The number of sulfonamides is 1. The molecule has 0 aliphatic heterocycles. The maximum atomic E-state index is 12.7. The molecule has 0 aromatic heterocycles. The van der Waals surface area contributed by atoms with E-state index in [1.54, 1.807) is 49.4 Å². The molecular weight excluding hydrogens is 362 g/mol. The Hall–Kier alpha value is -2.02. The fraction of sp³-hybridized carbons (Fsp3) is 0.222. The van der Waals surface area contributed by atoms with Gasteiger partial charge in [-0.15, -0.1) is 11.6 Å². The number of nitrogens with one attached hydrogen (secondary N) is 1. The zero-order valence-electron chi connectivity index (χ0n) is 13.6. The van der Waals surface area contributed by atoms with Gasteiger partial charge in [-0.3, -0.25) is 9.59 Å². The first-order valence-electron chi connectivity index (χ1n) is 7.60. The van der Waals surface area contributed by atoms with Crippen LogP contribution in [0.4, 0.5) is 0 Å². The van der Waals surface area contributed by atoms with Crippen molar-refractivity contribution in [3.63, 3.8) is 0 Å². The molecule has 1 atom stereocenters. The average Bonchev–Trinajstić information content (AvgIpc) is 2.60. The Morgan fingerprint density at radius 2 is 1.64 bits per heavy atom. The SMILES string of the molecule is Cc1ccccc1S(=O)(=O)NC(Cc1ccccc1)C(=O)C(=O)CCl. The molecule has 0 heterocycles. The van der Waals surface area contributed by atoms with Gasteiger partial charge in [0.2, 0.25) is 21.6 Å². The number of Topliss-reactive ketones (excluding diaryl/α,β-unsaturated/α-hetero) is 2. The van der Waals surface area contributed by atoms with Crippen LogP contribution < -0.4 is 4.72 Å². The van der Waals surface area contributed by atoms with Crippen molar-refractivity contribution in [3.05, 3.63) is 65.7 Å². The molecule has 0 aliphatic carbocycles. The number of hydrogen-bond donors (Lipinski definition) is 1. The van der Waals surface area contributed by atoms with Crippen molar-refractivity contribution in [2.24, 2.45) is 0 Å². The number of halogens is 1. The molecule has 2 rings (SSSR count). The summed E-state index contributed by atoms with van der Waals surface area (Å²) in [6, 6.07) is 14.1. The predicted molar refractivity (Wildman–Crippen MR) is 96.2 cm³/mol. The van der Waals surface area contributed by atoms with Gasteiger partial charge in [0.05, 0.1) is 16.8 Å². The van der Waals surface area contributed by atoms with Gasteiger partial charge < -0.3 is 0 Å². The van der Waals surface area contributed by atoms with Crippen molar-refractivity contribution in [2.45, 2.75) is 24.3 Å². The summed E-state index contributed by atoms with van der Waals surface area (Å²) in [5.74, 6) is -2.16. The third-order valence-corrected chi connectivity index (χ3v) is 5.55. The zero-order valence-corrected chi connectivity index (χ0v) is 15.2. The van der Waals surface area contributed by atoms with Crippen LogP contribution in [0.25, 0.3) is 0 Å². The molecule has 0 radical (unpaired) electrons. The summed E-state index contributed by atoms with van der Waals surface area (Å²) in [5, 5.41) is 0. The van der Waals surface area contributed by atoms with Crippen LogP contribution in [0.5, 0.6) is 0 Å². The summed E-state index contributed by atoms with van der Waals surface area (Å²) in [6.45, 7) is 1.66. The second-order valence-corrected chi connectivity index (χ2v) is 7.50. The molecule has 0 bridgehead atoms. The van der Waals surface area contributed by atoms with Crippen molar-refractivity contribution < 1.29 is 18.0 Å². The van der Waals surface area contributed by atoms with Gasteiger partial charge in [0.25, 0.3) is 0 Å². The number of hydrogen-bond acceptors (Lipinski definition) is 4. The van der Waals surface area contributed by atoms with Gasteiger partial charge >= 0.3 is 0 Å². The van der Waals surface area contributed by atoms with Gasteiger partial charge in [-0.25, -0.2) is 8.42 Å². The topological polar surface area (TPSA) is 80.3 Å². The summed E-state index contributed by atoms with van der Waals surface area (Å²) in [6.07, 6.45) is 0.0629. The third-order valence-electron chi connectivity index (χ3n) is 3.68. The Balaban J connectivity index is 2.34. The summed E-state index contributed by atoms with van der Waals surface area (Å²) < 4.78 is 27.7. The van der Waals surface area contributed by atoms with Gasteiger partial charge in [0.1, 0.15) is 0 Å². The Bertz CT molecular complexity index is 866. The first-order chi connectivity index (χ1) is 11.8. The maximum Gasteiger partial charge on any atom is 0.241 e. The highest BCUT2D eigenvalue weighted by atomic mass is 35.5. The van der Waals surface area contributed by atoms with Gasteiger partial charge in [-0.1, -0.05) is 48.5 Å². The number of benzene rings is 2. The smallest absolute Gasteiger partial charge is 0.241 e. The summed E-state index contributed by atoms with van der Waals surface area (Å²) in [7, 11) is -3.96. The van der Waals surface area contributed by atoms with Crippen LogP contribution in [-0.2, 0) is 26.0 Å². The number of carbonyl (C=O) groups is 2. The van der Waals surface area contributed by atoms with Gasteiger partial charge in [0, 0.05) is 0 Å². The van der Waals surface area contributed by atoms with E-state index in [1.165, 1.54) is 6.07 Å². The number of ketones is 2. The molecule has 0 aliphatic rings. The fourth-order valence-corrected chi connectivity index (χ4v) is 3.98. The lowest BCUT2D eigenvalue weighted by Crippen LogP contribution is -2.45. The minimum Gasteiger partial charge on any atom is -0.289 e. The van der Waals surface area contributed by atoms with Gasteiger partial charge in [-0.2, -0.15) is 4.72 Å². The van der Waals surface area contributed by atoms with E-state index in [9.17, 15) is 18.0 Å². The first-order valence-corrected chi connectivity index (χ1v) is 9.62. The normalized spacial score (nSPS) is 12.6. The van der Waals surface area contributed by atoms with Gasteiger partial charge in [-0.05, 0) is 30.5 Å². The zero-order chi connectivity index (χ0) is 18.4. The molecule has 7 heteroatoms. The molecule has 0 spiro atoms.